The molecule has 0 saturated carbocycles. The molecule has 0 spiro atoms. The Hall–Kier alpha value is -2.25. The van der Waals surface area contributed by atoms with Crippen molar-refractivity contribution < 1.29 is 5.11 Å². The Morgan fingerprint density at radius 2 is 2.08 bits per heavy atom. The highest BCUT2D eigenvalue weighted by molar-refractivity contribution is 5.81. The molecule has 7 heteroatoms. The van der Waals surface area contributed by atoms with Gasteiger partial charge < -0.3 is 5.11 Å². The Balaban J connectivity index is 2.11. The fraction of sp³-hybridized carbons (Fsp3) is 0.471. The van der Waals surface area contributed by atoms with Crippen molar-refractivity contribution in [2.45, 2.75) is 32.9 Å². The Morgan fingerprint density at radius 3 is 2.79 bits per heavy atom. The molecule has 0 amide bonds. The third kappa shape index (κ3) is 2.92. The first-order valence-electron chi connectivity index (χ1n) is 8.08. The van der Waals surface area contributed by atoms with E-state index in [4.69, 9.17) is 0 Å². The van der Waals surface area contributed by atoms with Gasteiger partial charge in [-0.15, -0.1) is 10.2 Å². The summed E-state index contributed by atoms with van der Waals surface area (Å²) in [6, 6.07) is 5.84. The number of aliphatic hydroxyl groups excluding tert-OH is 1. The van der Waals surface area contributed by atoms with Crippen LogP contribution in [0.5, 0.6) is 0 Å². The van der Waals surface area contributed by atoms with E-state index in [1.807, 2.05) is 36.6 Å². The number of fused-ring (bicyclic) bond motifs is 3. The highest BCUT2D eigenvalue weighted by atomic mass is 16.3. The van der Waals surface area contributed by atoms with E-state index in [2.05, 4.69) is 15.1 Å². The van der Waals surface area contributed by atoms with Crippen molar-refractivity contribution in [2.75, 3.05) is 13.6 Å². The van der Waals surface area contributed by atoms with Crippen LogP contribution in [0, 0.1) is 6.92 Å². The van der Waals surface area contributed by atoms with Crippen molar-refractivity contribution in [3.05, 3.63) is 39.9 Å². The van der Waals surface area contributed by atoms with Crippen LogP contribution in [0.4, 0.5) is 0 Å². The van der Waals surface area contributed by atoms with Gasteiger partial charge in [-0.1, -0.05) is 11.6 Å². The summed E-state index contributed by atoms with van der Waals surface area (Å²) >= 11 is 0. The molecule has 0 fully saturated rings. The molecule has 0 bridgehead atoms. The Morgan fingerprint density at radius 1 is 1.33 bits per heavy atom. The lowest BCUT2D eigenvalue weighted by Gasteiger charge is -2.17. The van der Waals surface area contributed by atoms with Crippen molar-refractivity contribution in [3.63, 3.8) is 0 Å². The third-order valence-corrected chi connectivity index (χ3v) is 4.28. The molecule has 2 heterocycles. The molecule has 1 unspecified atom stereocenters. The standard InChI is InChI=1S/C17H23N5O2/c1-11-5-6-14-13(9-11)16(24)21(4)17-19-18-15(22(14)17)10-20(3)8-7-12(2)23/h5-6,9,12,23H,7-8,10H2,1-4H3. The van der Waals surface area contributed by atoms with E-state index < -0.39 is 0 Å². The molecule has 128 valence electrons. The van der Waals surface area contributed by atoms with Gasteiger partial charge in [-0.05, 0) is 39.4 Å². The minimum atomic E-state index is -0.327. The predicted molar refractivity (Wildman–Crippen MR) is 93.1 cm³/mol. The van der Waals surface area contributed by atoms with Crippen LogP contribution < -0.4 is 5.56 Å². The maximum Gasteiger partial charge on any atom is 0.262 e. The van der Waals surface area contributed by atoms with Gasteiger partial charge in [0, 0.05) is 13.6 Å². The molecule has 3 rings (SSSR count). The van der Waals surface area contributed by atoms with Gasteiger partial charge in [-0.25, -0.2) is 0 Å². The molecule has 0 aliphatic rings. The molecule has 2 aromatic heterocycles. The molecule has 0 saturated heterocycles. The molecule has 1 atom stereocenters. The van der Waals surface area contributed by atoms with Gasteiger partial charge in [-0.3, -0.25) is 18.7 Å². The van der Waals surface area contributed by atoms with Crippen molar-refractivity contribution >= 4 is 16.7 Å². The summed E-state index contributed by atoms with van der Waals surface area (Å²) in [4.78, 5) is 14.6. The van der Waals surface area contributed by atoms with Gasteiger partial charge in [0.1, 0.15) is 0 Å². The minimum absolute atomic E-state index is 0.0670. The van der Waals surface area contributed by atoms with Crippen molar-refractivity contribution in [2.24, 2.45) is 7.05 Å². The van der Waals surface area contributed by atoms with Crippen molar-refractivity contribution in [3.8, 4) is 0 Å². The molecule has 1 N–H and O–H groups in total. The number of rotatable bonds is 5. The summed E-state index contributed by atoms with van der Waals surface area (Å²) in [5.41, 5.74) is 1.80. The maximum absolute atomic E-state index is 12.5. The number of aliphatic hydroxyl groups is 1. The molecule has 1 aromatic carbocycles. The van der Waals surface area contributed by atoms with Crippen LogP contribution in [0.2, 0.25) is 0 Å². The van der Waals surface area contributed by atoms with Gasteiger partial charge in [0.15, 0.2) is 5.82 Å². The fourth-order valence-electron chi connectivity index (χ4n) is 2.89. The zero-order valence-corrected chi connectivity index (χ0v) is 14.5. The van der Waals surface area contributed by atoms with Crippen molar-refractivity contribution in [1.29, 1.82) is 0 Å². The van der Waals surface area contributed by atoms with E-state index in [0.29, 0.717) is 24.1 Å². The third-order valence-electron chi connectivity index (χ3n) is 4.28. The lowest BCUT2D eigenvalue weighted by molar-refractivity contribution is 0.162. The second kappa shape index (κ2) is 6.33. The molecule has 24 heavy (non-hydrogen) atoms. The predicted octanol–water partition coefficient (Wildman–Crippen LogP) is 1.09. The number of nitrogens with zero attached hydrogens (tertiary/aromatic N) is 5. The Labute approximate surface area is 140 Å². The summed E-state index contributed by atoms with van der Waals surface area (Å²) in [6.45, 7) is 5.11. The van der Waals surface area contributed by atoms with Crippen LogP contribution in [0.15, 0.2) is 23.0 Å². The normalized spacial score (nSPS) is 13.2. The van der Waals surface area contributed by atoms with Crippen LogP contribution in [-0.4, -0.2) is 48.9 Å². The lowest BCUT2D eigenvalue weighted by Crippen LogP contribution is -2.24. The smallest absolute Gasteiger partial charge is 0.262 e. The van der Waals surface area contributed by atoms with Crippen LogP contribution in [0.25, 0.3) is 16.7 Å². The van der Waals surface area contributed by atoms with Crippen LogP contribution in [0.3, 0.4) is 0 Å². The Bertz CT molecular complexity index is 941. The fourth-order valence-corrected chi connectivity index (χ4v) is 2.89. The molecule has 0 aliphatic carbocycles. The lowest BCUT2D eigenvalue weighted by atomic mass is 10.1. The number of hydrogen-bond donors (Lipinski definition) is 1. The topological polar surface area (TPSA) is 75.7 Å². The van der Waals surface area contributed by atoms with Gasteiger partial charge in [-0.2, -0.15) is 0 Å². The number of aryl methyl sites for hydroxylation is 2. The maximum atomic E-state index is 12.5. The summed E-state index contributed by atoms with van der Waals surface area (Å²) in [6.07, 6.45) is 0.373. The summed E-state index contributed by atoms with van der Waals surface area (Å²) in [5, 5.41) is 18.6. The number of aromatic nitrogens is 4. The molecule has 0 aliphatic heterocycles. The molecule has 0 radical (unpaired) electrons. The largest absolute Gasteiger partial charge is 0.393 e. The van der Waals surface area contributed by atoms with Crippen LogP contribution >= 0.6 is 0 Å². The monoisotopic (exact) mass is 329 g/mol. The first-order valence-corrected chi connectivity index (χ1v) is 8.08. The summed E-state index contributed by atoms with van der Waals surface area (Å²) in [7, 11) is 3.70. The van der Waals surface area contributed by atoms with Crippen LogP contribution in [0.1, 0.15) is 24.7 Å². The average Bonchev–Trinajstić information content (AvgIpc) is 2.94. The highest BCUT2D eigenvalue weighted by Crippen LogP contribution is 2.16. The molecule has 3 aromatic rings. The highest BCUT2D eigenvalue weighted by Gasteiger charge is 2.16. The second-order valence-corrected chi connectivity index (χ2v) is 6.51. The summed E-state index contributed by atoms with van der Waals surface area (Å²) in [5.74, 6) is 1.32. The van der Waals surface area contributed by atoms with Gasteiger partial charge in [0.25, 0.3) is 5.56 Å². The van der Waals surface area contributed by atoms with Gasteiger partial charge >= 0.3 is 0 Å². The molecular weight excluding hydrogens is 306 g/mol. The van der Waals surface area contributed by atoms with E-state index in [0.717, 1.165) is 23.4 Å². The molecular formula is C17H23N5O2. The van der Waals surface area contributed by atoms with Crippen LogP contribution in [-0.2, 0) is 13.6 Å². The Kier molecular flexibility index (Phi) is 4.38. The first kappa shape index (κ1) is 16.6. The van der Waals surface area contributed by atoms with Gasteiger partial charge in [0.05, 0.1) is 23.6 Å². The molecule has 7 nitrogen and oxygen atoms in total. The zero-order valence-electron chi connectivity index (χ0n) is 14.5. The first-order chi connectivity index (χ1) is 11.4. The number of hydrogen-bond acceptors (Lipinski definition) is 5. The number of benzene rings is 1. The second-order valence-electron chi connectivity index (χ2n) is 6.51. The van der Waals surface area contributed by atoms with E-state index in [1.165, 1.54) is 4.57 Å². The average molecular weight is 329 g/mol. The van der Waals surface area contributed by atoms with E-state index in [1.54, 1.807) is 14.0 Å². The van der Waals surface area contributed by atoms with E-state index in [9.17, 15) is 9.90 Å². The van der Waals surface area contributed by atoms with Crippen molar-refractivity contribution in [1.82, 2.24) is 24.1 Å². The van der Waals surface area contributed by atoms with E-state index in [-0.39, 0.29) is 11.7 Å². The van der Waals surface area contributed by atoms with E-state index >= 15 is 0 Å². The SMILES string of the molecule is Cc1ccc2c(c1)c(=O)n(C)c1nnc(CN(C)CCC(C)O)n21. The zero-order chi connectivity index (χ0) is 17.4. The summed E-state index contributed by atoms with van der Waals surface area (Å²) < 4.78 is 3.48. The quantitative estimate of drug-likeness (QED) is 0.758. The van der Waals surface area contributed by atoms with Gasteiger partial charge in [0.2, 0.25) is 5.78 Å². The minimum Gasteiger partial charge on any atom is -0.393 e.